The zero-order chi connectivity index (χ0) is 17.5. The average Bonchev–Trinajstić information content (AvgIpc) is 2.49. The van der Waals surface area contributed by atoms with Gasteiger partial charge in [0.15, 0.2) is 0 Å². The second-order valence-electron chi connectivity index (χ2n) is 4.81. The number of methoxy groups -OCH3 is 1. The highest BCUT2D eigenvalue weighted by Gasteiger charge is 2.30. The first-order valence-corrected chi connectivity index (χ1v) is 8.39. The van der Waals surface area contributed by atoms with Gasteiger partial charge in [-0.05, 0) is 37.1 Å². The Kier molecular flexibility index (Phi) is 7.01. The zero-order valence-corrected chi connectivity index (χ0v) is 13.3. The number of hydrogen-bond acceptors (Lipinski definition) is 4. The molecule has 0 saturated heterocycles. The van der Waals surface area contributed by atoms with E-state index < -0.39 is 21.8 Å². The first-order valence-electron chi connectivity index (χ1n) is 6.90. The van der Waals surface area contributed by atoms with Crippen LogP contribution in [0.3, 0.4) is 0 Å². The van der Waals surface area contributed by atoms with Crippen LogP contribution >= 0.6 is 0 Å². The van der Waals surface area contributed by atoms with E-state index in [-0.39, 0.29) is 23.8 Å². The number of alkyl halides is 3. The van der Waals surface area contributed by atoms with E-state index in [1.807, 2.05) is 0 Å². The van der Waals surface area contributed by atoms with Gasteiger partial charge >= 0.3 is 12.1 Å². The maximum atomic E-state index is 12.4. The number of esters is 1. The minimum absolute atomic E-state index is 0.143. The second-order valence-corrected chi connectivity index (χ2v) is 6.57. The summed E-state index contributed by atoms with van der Waals surface area (Å²) in [5.74, 6) is -0.324. The minimum Gasteiger partial charge on any atom is -0.469 e. The lowest BCUT2D eigenvalue weighted by atomic mass is 10.2. The van der Waals surface area contributed by atoms with Crippen molar-refractivity contribution >= 4 is 16.0 Å². The fraction of sp³-hybridized carbons (Fsp3) is 0.500. The molecule has 0 atom stereocenters. The molecule has 0 amide bonds. The predicted octanol–water partition coefficient (Wildman–Crippen LogP) is 2.72. The molecule has 1 N–H and O–H groups in total. The van der Waals surface area contributed by atoms with Crippen LogP contribution in [-0.4, -0.2) is 28.0 Å². The van der Waals surface area contributed by atoms with E-state index in [1.54, 1.807) is 0 Å². The van der Waals surface area contributed by atoms with Gasteiger partial charge in [0.05, 0.1) is 17.6 Å². The van der Waals surface area contributed by atoms with Crippen LogP contribution in [0.2, 0.25) is 0 Å². The lowest BCUT2D eigenvalue weighted by Gasteiger charge is -2.09. The Balaban J connectivity index is 2.45. The summed E-state index contributed by atoms with van der Waals surface area (Å²) < 4.78 is 67.9. The topological polar surface area (TPSA) is 72.5 Å². The molecule has 9 heteroatoms. The van der Waals surface area contributed by atoms with Gasteiger partial charge < -0.3 is 4.74 Å². The third-order valence-corrected chi connectivity index (χ3v) is 4.55. The normalized spacial score (nSPS) is 12.2. The van der Waals surface area contributed by atoms with Crippen LogP contribution in [-0.2, 0) is 25.7 Å². The van der Waals surface area contributed by atoms with E-state index in [0.717, 1.165) is 24.3 Å². The summed E-state index contributed by atoms with van der Waals surface area (Å²) in [5, 5.41) is 0. The molecule has 0 aliphatic carbocycles. The van der Waals surface area contributed by atoms with Crippen LogP contribution < -0.4 is 4.72 Å². The first kappa shape index (κ1) is 19.4. The number of unbranched alkanes of at least 4 members (excludes halogenated alkanes) is 2. The smallest absolute Gasteiger partial charge is 0.416 e. The van der Waals surface area contributed by atoms with Gasteiger partial charge in [0.2, 0.25) is 10.0 Å². The summed E-state index contributed by atoms with van der Waals surface area (Å²) in [7, 11) is -2.55. The first-order chi connectivity index (χ1) is 10.7. The third kappa shape index (κ3) is 6.57. The van der Waals surface area contributed by atoms with Crippen LogP contribution in [0.15, 0.2) is 29.2 Å². The van der Waals surface area contributed by atoms with E-state index in [4.69, 9.17) is 0 Å². The Hall–Kier alpha value is -1.61. The van der Waals surface area contributed by atoms with Crippen LogP contribution in [0.25, 0.3) is 0 Å². The molecule has 130 valence electrons. The van der Waals surface area contributed by atoms with Crippen molar-refractivity contribution in [1.29, 1.82) is 0 Å². The number of halogens is 3. The zero-order valence-electron chi connectivity index (χ0n) is 12.5. The fourth-order valence-corrected chi connectivity index (χ4v) is 2.86. The molecular weight excluding hydrogens is 335 g/mol. The van der Waals surface area contributed by atoms with E-state index in [2.05, 4.69) is 9.46 Å². The van der Waals surface area contributed by atoms with Crippen molar-refractivity contribution in [3.05, 3.63) is 29.8 Å². The standard InChI is InChI=1S/C14H18F3NO4S/c1-22-13(19)5-3-2-4-10-18-23(20,21)12-8-6-11(7-9-12)14(15,16)17/h6-9,18H,2-5,10H2,1H3. The number of carbonyl (C=O) groups excluding carboxylic acids is 1. The Labute approximate surface area is 132 Å². The van der Waals surface area contributed by atoms with Gasteiger partial charge in [-0.15, -0.1) is 0 Å². The maximum Gasteiger partial charge on any atom is 0.416 e. The van der Waals surface area contributed by atoms with Gasteiger partial charge in [-0.3, -0.25) is 4.79 Å². The van der Waals surface area contributed by atoms with Gasteiger partial charge in [-0.2, -0.15) is 13.2 Å². The number of sulfonamides is 1. The van der Waals surface area contributed by atoms with E-state index in [1.165, 1.54) is 7.11 Å². The lowest BCUT2D eigenvalue weighted by molar-refractivity contribution is -0.140. The number of rotatable bonds is 8. The molecule has 0 aliphatic rings. The highest BCUT2D eigenvalue weighted by atomic mass is 32.2. The SMILES string of the molecule is COC(=O)CCCCCNS(=O)(=O)c1ccc(C(F)(F)F)cc1. The van der Waals surface area contributed by atoms with Gasteiger partial charge in [0, 0.05) is 13.0 Å². The molecule has 0 aliphatic heterocycles. The molecular formula is C14H18F3NO4S. The molecule has 1 rings (SSSR count). The minimum atomic E-state index is -4.50. The van der Waals surface area contributed by atoms with E-state index >= 15 is 0 Å². The fourth-order valence-electron chi connectivity index (χ4n) is 1.79. The van der Waals surface area contributed by atoms with Crippen molar-refractivity contribution in [2.45, 2.75) is 36.8 Å². The molecule has 23 heavy (non-hydrogen) atoms. The number of carbonyl (C=O) groups is 1. The van der Waals surface area contributed by atoms with Crippen LogP contribution in [0.1, 0.15) is 31.2 Å². The Morgan fingerprint density at radius 2 is 1.74 bits per heavy atom. The average molecular weight is 353 g/mol. The summed E-state index contributed by atoms with van der Waals surface area (Å²) in [6.07, 6.45) is -2.52. The Morgan fingerprint density at radius 1 is 1.13 bits per heavy atom. The monoisotopic (exact) mass is 353 g/mol. The maximum absolute atomic E-state index is 12.4. The summed E-state index contributed by atoms with van der Waals surface area (Å²) in [4.78, 5) is 10.7. The van der Waals surface area contributed by atoms with E-state index in [0.29, 0.717) is 19.3 Å². The summed E-state index contributed by atoms with van der Waals surface area (Å²) in [5.41, 5.74) is -0.903. The molecule has 0 unspecified atom stereocenters. The highest BCUT2D eigenvalue weighted by Crippen LogP contribution is 2.29. The van der Waals surface area contributed by atoms with Crippen molar-refractivity contribution in [1.82, 2.24) is 4.72 Å². The molecule has 5 nitrogen and oxygen atoms in total. The summed E-state index contributed by atoms with van der Waals surface area (Å²) in [6.45, 7) is 0.143. The quantitative estimate of drug-likeness (QED) is 0.576. The van der Waals surface area contributed by atoms with Crippen LogP contribution in [0.5, 0.6) is 0 Å². The van der Waals surface area contributed by atoms with Crippen molar-refractivity contribution < 1.29 is 31.1 Å². The molecule has 0 heterocycles. The van der Waals surface area contributed by atoms with E-state index in [9.17, 15) is 26.4 Å². The van der Waals surface area contributed by atoms with Crippen molar-refractivity contribution in [2.75, 3.05) is 13.7 Å². The van der Waals surface area contributed by atoms with Crippen LogP contribution in [0, 0.1) is 0 Å². The number of benzene rings is 1. The number of hydrogen-bond donors (Lipinski definition) is 1. The van der Waals surface area contributed by atoms with Gasteiger partial charge in [-0.25, -0.2) is 13.1 Å². The summed E-state index contributed by atoms with van der Waals surface area (Å²) >= 11 is 0. The largest absolute Gasteiger partial charge is 0.469 e. The second kappa shape index (κ2) is 8.30. The van der Waals surface area contributed by atoms with Gasteiger partial charge in [0.25, 0.3) is 0 Å². The molecule has 0 spiro atoms. The number of ether oxygens (including phenoxy) is 1. The Bertz CT molecular complexity index is 612. The van der Waals surface area contributed by atoms with Crippen molar-refractivity contribution in [2.24, 2.45) is 0 Å². The van der Waals surface area contributed by atoms with Gasteiger partial charge in [0.1, 0.15) is 0 Å². The Morgan fingerprint density at radius 3 is 2.26 bits per heavy atom. The molecule has 0 saturated carbocycles. The molecule has 1 aromatic carbocycles. The van der Waals surface area contributed by atoms with Crippen molar-refractivity contribution in [3.63, 3.8) is 0 Å². The van der Waals surface area contributed by atoms with Crippen molar-refractivity contribution in [3.8, 4) is 0 Å². The molecule has 0 radical (unpaired) electrons. The lowest BCUT2D eigenvalue weighted by Crippen LogP contribution is -2.25. The van der Waals surface area contributed by atoms with Gasteiger partial charge in [-0.1, -0.05) is 6.42 Å². The molecule has 0 aromatic heterocycles. The number of nitrogens with one attached hydrogen (secondary N) is 1. The third-order valence-electron chi connectivity index (χ3n) is 3.07. The molecule has 0 fully saturated rings. The molecule has 1 aromatic rings. The van der Waals surface area contributed by atoms with Crippen LogP contribution in [0.4, 0.5) is 13.2 Å². The highest BCUT2D eigenvalue weighted by molar-refractivity contribution is 7.89. The molecule has 0 bridgehead atoms. The predicted molar refractivity (Wildman–Crippen MR) is 77.1 cm³/mol. The summed E-state index contributed by atoms with van der Waals surface area (Å²) in [6, 6.07) is 3.29.